The molecular formula is C27H46O9. The smallest absolute Gasteiger partial charge is 0.306 e. The SMILES string of the molecule is CC/C=C\C/C=C\C/C=C\CCCCCCCC(=O)O[C@H]1[C@H](OCC(O)CO)O[C@H](CO)[C@H](O)[C@@H]1O. The Morgan fingerprint density at radius 3 is 2.22 bits per heavy atom. The fraction of sp³-hybridized carbons (Fsp3) is 0.741. The van der Waals surface area contributed by atoms with E-state index >= 15 is 0 Å². The summed E-state index contributed by atoms with van der Waals surface area (Å²) in [6.07, 6.45) is 14.0. The standard InChI is InChI=1S/C27H46O9/c1-2-3-4-5-6-7-8-9-10-11-12-13-14-15-16-17-23(31)36-26-25(33)24(32)22(19-29)35-27(26)34-20-21(30)18-28/h3-4,6-7,9-10,21-22,24-30,32-33H,2,5,8,11-20H2,1H3/b4-3-,7-6-,10-9-/t21?,22-,24+,25+,26-,27-/m1/s1. The van der Waals surface area contributed by atoms with E-state index in [1.165, 1.54) is 0 Å². The molecule has 0 spiro atoms. The predicted molar refractivity (Wildman–Crippen MR) is 136 cm³/mol. The van der Waals surface area contributed by atoms with Gasteiger partial charge in [-0.2, -0.15) is 0 Å². The average molecular weight is 515 g/mol. The van der Waals surface area contributed by atoms with E-state index in [-0.39, 0.29) is 13.0 Å². The highest BCUT2D eigenvalue weighted by molar-refractivity contribution is 5.69. The molecule has 1 aliphatic rings. The van der Waals surface area contributed by atoms with Crippen molar-refractivity contribution >= 4 is 5.97 Å². The zero-order chi connectivity index (χ0) is 26.6. The number of hydrogen-bond acceptors (Lipinski definition) is 9. The Hall–Kier alpha value is -1.59. The second-order valence-corrected chi connectivity index (χ2v) is 8.93. The van der Waals surface area contributed by atoms with Gasteiger partial charge in [0, 0.05) is 6.42 Å². The van der Waals surface area contributed by atoms with Crippen LogP contribution in [0.3, 0.4) is 0 Å². The van der Waals surface area contributed by atoms with E-state index in [0.29, 0.717) is 6.42 Å². The largest absolute Gasteiger partial charge is 0.454 e. The number of hydrogen-bond donors (Lipinski definition) is 5. The van der Waals surface area contributed by atoms with Crippen LogP contribution in [0.4, 0.5) is 0 Å². The fourth-order valence-electron chi connectivity index (χ4n) is 3.67. The van der Waals surface area contributed by atoms with Gasteiger partial charge in [-0.3, -0.25) is 4.79 Å². The molecule has 0 amide bonds. The van der Waals surface area contributed by atoms with Crippen molar-refractivity contribution < 1.29 is 44.5 Å². The molecule has 0 aromatic carbocycles. The molecule has 1 fully saturated rings. The highest BCUT2D eigenvalue weighted by Gasteiger charge is 2.47. The first kappa shape index (κ1) is 32.4. The van der Waals surface area contributed by atoms with Gasteiger partial charge in [0.05, 0.1) is 19.8 Å². The monoisotopic (exact) mass is 514 g/mol. The minimum atomic E-state index is -1.53. The number of carbonyl (C=O) groups is 1. The van der Waals surface area contributed by atoms with E-state index in [1.54, 1.807) is 0 Å². The second-order valence-electron chi connectivity index (χ2n) is 8.93. The molecule has 0 aromatic heterocycles. The summed E-state index contributed by atoms with van der Waals surface area (Å²) in [4.78, 5) is 12.3. The first-order chi connectivity index (χ1) is 17.4. The van der Waals surface area contributed by atoms with Gasteiger partial charge in [-0.05, 0) is 38.5 Å². The van der Waals surface area contributed by atoms with Crippen molar-refractivity contribution in [1.82, 2.24) is 0 Å². The van der Waals surface area contributed by atoms with Gasteiger partial charge in [-0.25, -0.2) is 0 Å². The first-order valence-corrected chi connectivity index (χ1v) is 13.1. The number of aliphatic hydroxyl groups is 5. The summed E-state index contributed by atoms with van der Waals surface area (Å²) in [6, 6.07) is 0. The number of rotatable bonds is 19. The fourth-order valence-corrected chi connectivity index (χ4v) is 3.67. The molecule has 1 unspecified atom stereocenters. The summed E-state index contributed by atoms with van der Waals surface area (Å²) < 4.78 is 16.0. The van der Waals surface area contributed by atoms with Crippen molar-refractivity contribution in [1.29, 1.82) is 0 Å². The zero-order valence-corrected chi connectivity index (χ0v) is 21.5. The Morgan fingerprint density at radius 1 is 0.917 bits per heavy atom. The van der Waals surface area contributed by atoms with Gasteiger partial charge < -0.3 is 39.7 Å². The molecule has 0 aromatic rings. The Bertz CT molecular complexity index is 649. The van der Waals surface area contributed by atoms with Crippen LogP contribution >= 0.6 is 0 Å². The molecule has 1 rings (SSSR count). The van der Waals surface area contributed by atoms with E-state index < -0.39 is 56.0 Å². The molecule has 0 radical (unpaired) electrons. The summed E-state index contributed by atoms with van der Waals surface area (Å²) >= 11 is 0. The summed E-state index contributed by atoms with van der Waals surface area (Å²) in [5, 5.41) is 48.2. The van der Waals surface area contributed by atoms with Crippen molar-refractivity contribution in [3.05, 3.63) is 36.5 Å². The van der Waals surface area contributed by atoms with Crippen molar-refractivity contribution in [2.24, 2.45) is 0 Å². The average Bonchev–Trinajstić information content (AvgIpc) is 2.88. The van der Waals surface area contributed by atoms with Gasteiger partial charge in [0.2, 0.25) is 0 Å². The maximum Gasteiger partial charge on any atom is 0.306 e. The quantitative estimate of drug-likeness (QED) is 0.0995. The number of allylic oxidation sites excluding steroid dienone is 6. The van der Waals surface area contributed by atoms with Gasteiger partial charge in [0.25, 0.3) is 0 Å². The summed E-state index contributed by atoms with van der Waals surface area (Å²) in [5.74, 6) is -0.560. The Balaban J connectivity index is 2.25. The lowest BCUT2D eigenvalue weighted by atomic mass is 9.99. The van der Waals surface area contributed by atoms with Gasteiger partial charge in [0.1, 0.15) is 24.4 Å². The minimum Gasteiger partial charge on any atom is -0.454 e. The van der Waals surface area contributed by atoms with Crippen LogP contribution in [0.25, 0.3) is 0 Å². The van der Waals surface area contributed by atoms with Crippen LogP contribution in [0.2, 0.25) is 0 Å². The van der Waals surface area contributed by atoms with Crippen LogP contribution in [-0.4, -0.2) is 88.1 Å². The van der Waals surface area contributed by atoms with Gasteiger partial charge in [-0.15, -0.1) is 0 Å². The number of ether oxygens (including phenoxy) is 3. The Kier molecular flexibility index (Phi) is 18.4. The van der Waals surface area contributed by atoms with E-state index in [2.05, 4.69) is 43.4 Å². The van der Waals surface area contributed by atoms with Gasteiger partial charge in [-0.1, -0.05) is 62.6 Å². The topological polar surface area (TPSA) is 146 Å². The van der Waals surface area contributed by atoms with Crippen molar-refractivity contribution in [3.8, 4) is 0 Å². The lowest BCUT2D eigenvalue weighted by molar-refractivity contribution is -0.307. The summed E-state index contributed by atoms with van der Waals surface area (Å²) in [6.45, 7) is 0.667. The molecular weight excluding hydrogens is 468 g/mol. The van der Waals surface area contributed by atoms with Gasteiger partial charge in [0.15, 0.2) is 12.4 Å². The zero-order valence-electron chi connectivity index (χ0n) is 21.5. The molecule has 0 aliphatic carbocycles. The molecule has 0 bridgehead atoms. The molecule has 1 heterocycles. The van der Waals surface area contributed by atoms with E-state index in [0.717, 1.165) is 51.4 Å². The molecule has 1 saturated heterocycles. The van der Waals surface area contributed by atoms with E-state index in [4.69, 9.17) is 19.3 Å². The molecule has 5 N–H and O–H groups in total. The van der Waals surface area contributed by atoms with Crippen molar-refractivity contribution in [2.45, 2.75) is 108 Å². The maximum atomic E-state index is 12.3. The van der Waals surface area contributed by atoms with Crippen LogP contribution in [0.1, 0.15) is 71.1 Å². The van der Waals surface area contributed by atoms with Crippen LogP contribution in [0, 0.1) is 0 Å². The van der Waals surface area contributed by atoms with Crippen molar-refractivity contribution in [2.75, 3.05) is 19.8 Å². The summed E-state index contributed by atoms with van der Waals surface area (Å²) in [7, 11) is 0. The van der Waals surface area contributed by atoms with Crippen LogP contribution in [0.15, 0.2) is 36.5 Å². The third-order valence-electron chi connectivity index (χ3n) is 5.79. The molecule has 9 heteroatoms. The Morgan fingerprint density at radius 2 is 1.56 bits per heavy atom. The van der Waals surface area contributed by atoms with Crippen LogP contribution in [0.5, 0.6) is 0 Å². The first-order valence-electron chi connectivity index (χ1n) is 13.1. The molecule has 0 saturated carbocycles. The number of aliphatic hydroxyl groups excluding tert-OH is 5. The van der Waals surface area contributed by atoms with Crippen molar-refractivity contribution in [3.63, 3.8) is 0 Å². The molecule has 6 atom stereocenters. The molecule has 1 aliphatic heterocycles. The van der Waals surface area contributed by atoms with Crippen LogP contribution < -0.4 is 0 Å². The van der Waals surface area contributed by atoms with E-state index in [1.807, 2.05) is 0 Å². The third kappa shape index (κ3) is 13.6. The number of carbonyl (C=O) groups excluding carboxylic acids is 1. The van der Waals surface area contributed by atoms with Crippen LogP contribution in [-0.2, 0) is 19.0 Å². The third-order valence-corrected chi connectivity index (χ3v) is 5.79. The summed E-state index contributed by atoms with van der Waals surface area (Å²) in [5.41, 5.74) is 0. The maximum absolute atomic E-state index is 12.3. The number of esters is 1. The van der Waals surface area contributed by atoms with Gasteiger partial charge >= 0.3 is 5.97 Å². The predicted octanol–water partition coefficient (Wildman–Crippen LogP) is 2.30. The molecule has 36 heavy (non-hydrogen) atoms. The lowest BCUT2D eigenvalue weighted by Crippen LogP contribution is -2.60. The number of unbranched alkanes of at least 4 members (excludes halogenated alkanes) is 5. The minimum absolute atomic E-state index is 0.147. The Labute approximate surface area is 215 Å². The normalized spacial score (nSPS) is 25.8. The second kappa shape index (κ2) is 20.5. The highest BCUT2D eigenvalue weighted by Crippen LogP contribution is 2.25. The van der Waals surface area contributed by atoms with E-state index in [9.17, 15) is 25.2 Å². The highest BCUT2D eigenvalue weighted by atomic mass is 16.7. The molecule has 9 nitrogen and oxygen atoms in total. The lowest BCUT2D eigenvalue weighted by Gasteiger charge is -2.41. The molecule has 208 valence electrons.